The predicted molar refractivity (Wildman–Crippen MR) is 112 cm³/mol. The summed E-state index contributed by atoms with van der Waals surface area (Å²) in [5.41, 5.74) is 3.47. The van der Waals surface area contributed by atoms with Gasteiger partial charge in [0.2, 0.25) is 5.95 Å². The summed E-state index contributed by atoms with van der Waals surface area (Å²) in [6, 6.07) is 23.1. The molecule has 140 valence electrons. The third-order valence-corrected chi connectivity index (χ3v) is 4.65. The minimum atomic E-state index is -0.0860. The van der Waals surface area contributed by atoms with Crippen molar-refractivity contribution in [3.05, 3.63) is 94.3 Å². The molecule has 5 heteroatoms. The van der Waals surface area contributed by atoms with Crippen LogP contribution in [-0.4, -0.2) is 16.7 Å². The molecule has 1 N–H and O–H groups in total. The lowest BCUT2D eigenvalue weighted by Crippen LogP contribution is -2.23. The Kier molecular flexibility index (Phi) is 4.81. The second-order valence-electron chi connectivity index (χ2n) is 6.63. The number of anilines is 1. The van der Waals surface area contributed by atoms with E-state index in [-0.39, 0.29) is 5.56 Å². The van der Waals surface area contributed by atoms with Crippen molar-refractivity contribution >= 4 is 16.9 Å². The van der Waals surface area contributed by atoms with Crippen LogP contribution in [0.1, 0.15) is 11.1 Å². The molecule has 0 unspecified atom stereocenters. The summed E-state index contributed by atoms with van der Waals surface area (Å²) in [6.07, 6.45) is 0. The van der Waals surface area contributed by atoms with Gasteiger partial charge < -0.3 is 10.1 Å². The normalized spacial score (nSPS) is 10.8. The molecule has 0 aliphatic rings. The van der Waals surface area contributed by atoms with E-state index in [9.17, 15) is 4.79 Å². The lowest BCUT2D eigenvalue weighted by Gasteiger charge is -2.15. The molecule has 0 aliphatic carbocycles. The van der Waals surface area contributed by atoms with Gasteiger partial charge in [-0.05, 0) is 48.9 Å². The van der Waals surface area contributed by atoms with Crippen molar-refractivity contribution in [2.75, 3.05) is 12.4 Å². The fourth-order valence-electron chi connectivity index (χ4n) is 3.16. The monoisotopic (exact) mass is 371 g/mol. The summed E-state index contributed by atoms with van der Waals surface area (Å²) in [5.74, 6) is 1.33. The quantitative estimate of drug-likeness (QED) is 0.568. The summed E-state index contributed by atoms with van der Waals surface area (Å²) in [4.78, 5) is 18.0. The van der Waals surface area contributed by atoms with Crippen molar-refractivity contribution < 1.29 is 4.74 Å². The van der Waals surface area contributed by atoms with E-state index in [4.69, 9.17) is 9.72 Å². The Balaban J connectivity index is 1.79. The number of fused-ring (bicyclic) bond motifs is 1. The van der Waals surface area contributed by atoms with Gasteiger partial charge in [0.25, 0.3) is 5.56 Å². The number of aryl methyl sites for hydroxylation is 1. The SMILES string of the molecule is COc1ccc(CNc2nc3ccc(C)cc3c(=O)n2-c2ccccc2)cc1. The number of rotatable bonds is 5. The Morgan fingerprint density at radius 2 is 1.75 bits per heavy atom. The summed E-state index contributed by atoms with van der Waals surface area (Å²) in [6.45, 7) is 2.52. The number of nitrogens with zero attached hydrogens (tertiary/aromatic N) is 2. The molecule has 4 aromatic rings. The van der Waals surface area contributed by atoms with Crippen LogP contribution in [0.5, 0.6) is 5.75 Å². The molecule has 0 bridgehead atoms. The number of aromatic nitrogens is 2. The first-order valence-corrected chi connectivity index (χ1v) is 9.11. The van der Waals surface area contributed by atoms with E-state index in [0.717, 1.165) is 22.6 Å². The molecule has 0 spiro atoms. The standard InChI is InChI=1S/C23H21N3O2/c1-16-8-13-21-20(14-16)22(27)26(18-6-4-3-5-7-18)23(25-21)24-15-17-9-11-19(28-2)12-10-17/h3-14H,15H2,1-2H3,(H,24,25). The zero-order valence-electron chi connectivity index (χ0n) is 15.8. The molecule has 1 aromatic heterocycles. The molecule has 0 saturated heterocycles. The summed E-state index contributed by atoms with van der Waals surface area (Å²) in [7, 11) is 1.65. The molecule has 0 saturated carbocycles. The number of methoxy groups -OCH3 is 1. The number of benzene rings is 3. The van der Waals surface area contributed by atoms with Crippen molar-refractivity contribution in [1.82, 2.24) is 9.55 Å². The minimum absolute atomic E-state index is 0.0860. The van der Waals surface area contributed by atoms with E-state index in [1.165, 1.54) is 0 Å². The number of ether oxygens (including phenoxy) is 1. The van der Waals surface area contributed by atoms with Gasteiger partial charge in [-0.2, -0.15) is 0 Å². The van der Waals surface area contributed by atoms with Gasteiger partial charge in [0, 0.05) is 6.54 Å². The summed E-state index contributed by atoms with van der Waals surface area (Å²) >= 11 is 0. The smallest absolute Gasteiger partial charge is 0.267 e. The number of nitrogens with one attached hydrogen (secondary N) is 1. The van der Waals surface area contributed by atoms with E-state index < -0.39 is 0 Å². The third kappa shape index (κ3) is 3.47. The highest BCUT2D eigenvalue weighted by Crippen LogP contribution is 2.18. The van der Waals surface area contributed by atoms with E-state index in [2.05, 4.69) is 5.32 Å². The molecule has 0 radical (unpaired) electrons. The summed E-state index contributed by atoms with van der Waals surface area (Å²) in [5, 5.41) is 3.93. The highest BCUT2D eigenvalue weighted by atomic mass is 16.5. The van der Waals surface area contributed by atoms with Crippen molar-refractivity contribution in [2.24, 2.45) is 0 Å². The fraction of sp³-hybridized carbons (Fsp3) is 0.130. The zero-order chi connectivity index (χ0) is 19.5. The van der Waals surface area contributed by atoms with Gasteiger partial charge >= 0.3 is 0 Å². The average Bonchev–Trinajstić information content (AvgIpc) is 2.74. The molecule has 28 heavy (non-hydrogen) atoms. The van der Waals surface area contributed by atoms with Crippen molar-refractivity contribution in [1.29, 1.82) is 0 Å². The van der Waals surface area contributed by atoms with E-state index in [0.29, 0.717) is 23.4 Å². The molecule has 0 fully saturated rings. The second kappa shape index (κ2) is 7.56. The van der Waals surface area contributed by atoms with Gasteiger partial charge in [-0.15, -0.1) is 0 Å². The molecule has 0 atom stereocenters. The molecule has 1 heterocycles. The lowest BCUT2D eigenvalue weighted by molar-refractivity contribution is 0.414. The Morgan fingerprint density at radius 1 is 1.00 bits per heavy atom. The van der Waals surface area contributed by atoms with Gasteiger partial charge in [0.15, 0.2) is 0 Å². The maximum absolute atomic E-state index is 13.3. The van der Waals surface area contributed by atoms with Crippen molar-refractivity contribution in [3.63, 3.8) is 0 Å². The fourth-order valence-corrected chi connectivity index (χ4v) is 3.16. The van der Waals surface area contributed by atoms with Gasteiger partial charge in [0.05, 0.1) is 23.7 Å². The van der Waals surface area contributed by atoms with Gasteiger partial charge in [-0.3, -0.25) is 4.79 Å². The summed E-state index contributed by atoms with van der Waals surface area (Å²) < 4.78 is 6.83. The molecular formula is C23H21N3O2. The average molecular weight is 371 g/mol. The largest absolute Gasteiger partial charge is 0.497 e. The highest BCUT2D eigenvalue weighted by molar-refractivity contribution is 5.80. The Labute approximate surface area is 163 Å². The van der Waals surface area contributed by atoms with Crippen LogP contribution in [0.15, 0.2) is 77.6 Å². The highest BCUT2D eigenvalue weighted by Gasteiger charge is 2.13. The number of hydrogen-bond donors (Lipinski definition) is 1. The van der Waals surface area contributed by atoms with Crippen LogP contribution in [0.2, 0.25) is 0 Å². The Morgan fingerprint density at radius 3 is 2.46 bits per heavy atom. The van der Waals surface area contributed by atoms with Crippen LogP contribution in [0.4, 0.5) is 5.95 Å². The maximum Gasteiger partial charge on any atom is 0.267 e. The van der Waals surface area contributed by atoms with Gasteiger partial charge in [-0.25, -0.2) is 9.55 Å². The Bertz CT molecular complexity index is 1170. The number of hydrogen-bond acceptors (Lipinski definition) is 4. The van der Waals surface area contributed by atoms with Crippen LogP contribution >= 0.6 is 0 Å². The molecule has 0 aliphatic heterocycles. The molecule has 5 nitrogen and oxygen atoms in total. The Hall–Kier alpha value is -3.60. The number of para-hydroxylation sites is 1. The van der Waals surface area contributed by atoms with Crippen LogP contribution in [0.3, 0.4) is 0 Å². The first-order chi connectivity index (χ1) is 13.7. The van der Waals surface area contributed by atoms with Crippen molar-refractivity contribution in [3.8, 4) is 11.4 Å². The first kappa shape index (κ1) is 17.8. The molecule has 0 amide bonds. The maximum atomic E-state index is 13.3. The van der Waals surface area contributed by atoms with E-state index in [1.54, 1.807) is 11.7 Å². The topological polar surface area (TPSA) is 56.1 Å². The van der Waals surface area contributed by atoms with Gasteiger partial charge in [-0.1, -0.05) is 42.0 Å². The van der Waals surface area contributed by atoms with Crippen molar-refractivity contribution in [2.45, 2.75) is 13.5 Å². The third-order valence-electron chi connectivity index (χ3n) is 4.65. The molecule has 3 aromatic carbocycles. The van der Waals surface area contributed by atoms with Crippen LogP contribution in [0, 0.1) is 6.92 Å². The molecular weight excluding hydrogens is 350 g/mol. The predicted octanol–water partition coefficient (Wildman–Crippen LogP) is 4.31. The first-order valence-electron chi connectivity index (χ1n) is 9.11. The van der Waals surface area contributed by atoms with E-state index in [1.807, 2.05) is 79.7 Å². The lowest BCUT2D eigenvalue weighted by atomic mass is 10.1. The van der Waals surface area contributed by atoms with Crippen LogP contribution < -0.4 is 15.6 Å². The van der Waals surface area contributed by atoms with E-state index >= 15 is 0 Å². The zero-order valence-corrected chi connectivity index (χ0v) is 15.8. The second-order valence-corrected chi connectivity index (χ2v) is 6.63. The molecule has 4 rings (SSSR count). The van der Waals surface area contributed by atoms with Crippen LogP contribution in [-0.2, 0) is 6.54 Å². The van der Waals surface area contributed by atoms with Crippen LogP contribution in [0.25, 0.3) is 16.6 Å². The van der Waals surface area contributed by atoms with Gasteiger partial charge in [0.1, 0.15) is 5.75 Å². The minimum Gasteiger partial charge on any atom is -0.497 e.